The summed E-state index contributed by atoms with van der Waals surface area (Å²) in [5.74, 6) is 1.01. The SMILES string of the molecule is CCCCOc1ccc(-c2nnc(SCC(=O)Nc3cccc(C(F)(F)F)c3)n2CC)cc1. The van der Waals surface area contributed by atoms with E-state index in [2.05, 4.69) is 22.4 Å². The second-order valence-electron chi connectivity index (χ2n) is 7.19. The molecule has 176 valence electrons. The predicted molar refractivity (Wildman–Crippen MR) is 122 cm³/mol. The number of aromatic nitrogens is 3. The highest BCUT2D eigenvalue weighted by molar-refractivity contribution is 7.99. The number of ether oxygens (including phenoxy) is 1. The lowest BCUT2D eigenvalue weighted by molar-refractivity contribution is -0.137. The van der Waals surface area contributed by atoms with E-state index in [-0.39, 0.29) is 11.4 Å². The van der Waals surface area contributed by atoms with Gasteiger partial charge in [0.05, 0.1) is 17.9 Å². The predicted octanol–water partition coefficient (Wildman–Crippen LogP) is 5.89. The quantitative estimate of drug-likeness (QED) is 0.291. The minimum absolute atomic E-state index is 0.0153. The molecule has 10 heteroatoms. The van der Waals surface area contributed by atoms with Gasteiger partial charge in [0.2, 0.25) is 5.91 Å². The average molecular weight is 479 g/mol. The number of halogens is 3. The average Bonchev–Trinajstić information content (AvgIpc) is 3.21. The zero-order valence-electron chi connectivity index (χ0n) is 18.4. The Morgan fingerprint density at radius 1 is 1.12 bits per heavy atom. The van der Waals surface area contributed by atoms with Gasteiger partial charge in [-0.05, 0) is 55.8 Å². The molecular weight excluding hydrogens is 453 g/mol. The number of hydrogen-bond donors (Lipinski definition) is 1. The van der Waals surface area contributed by atoms with Crippen molar-refractivity contribution in [3.05, 3.63) is 54.1 Å². The minimum Gasteiger partial charge on any atom is -0.494 e. The second-order valence-corrected chi connectivity index (χ2v) is 8.13. The lowest BCUT2D eigenvalue weighted by Gasteiger charge is -2.10. The summed E-state index contributed by atoms with van der Waals surface area (Å²) in [6.07, 6.45) is -2.41. The third-order valence-corrected chi connectivity index (χ3v) is 5.68. The zero-order chi connectivity index (χ0) is 23.8. The molecule has 1 heterocycles. The summed E-state index contributed by atoms with van der Waals surface area (Å²) in [6.45, 7) is 5.31. The Labute approximate surface area is 194 Å². The van der Waals surface area contributed by atoms with E-state index in [1.165, 1.54) is 23.9 Å². The molecule has 6 nitrogen and oxygen atoms in total. The molecule has 0 aliphatic carbocycles. The molecule has 3 aromatic rings. The van der Waals surface area contributed by atoms with Gasteiger partial charge in [-0.2, -0.15) is 13.2 Å². The number of anilines is 1. The van der Waals surface area contributed by atoms with Crippen LogP contribution in [0.3, 0.4) is 0 Å². The Bertz CT molecular complexity index is 1070. The van der Waals surface area contributed by atoms with Crippen LogP contribution in [0.2, 0.25) is 0 Å². The lowest BCUT2D eigenvalue weighted by atomic mass is 10.2. The lowest BCUT2D eigenvalue weighted by Crippen LogP contribution is -2.15. The number of nitrogens with zero attached hydrogens (tertiary/aromatic N) is 3. The van der Waals surface area contributed by atoms with Crippen molar-refractivity contribution in [2.45, 2.75) is 44.6 Å². The van der Waals surface area contributed by atoms with Crippen LogP contribution in [0, 0.1) is 0 Å². The number of unbranched alkanes of at least 4 members (excludes halogenated alkanes) is 1. The molecule has 3 rings (SSSR count). The molecule has 0 aliphatic rings. The minimum atomic E-state index is -4.47. The van der Waals surface area contributed by atoms with Crippen LogP contribution >= 0.6 is 11.8 Å². The highest BCUT2D eigenvalue weighted by Crippen LogP contribution is 2.31. The first-order valence-corrected chi connectivity index (χ1v) is 11.6. The number of alkyl halides is 3. The summed E-state index contributed by atoms with van der Waals surface area (Å²) in [5.41, 5.74) is 0.145. The van der Waals surface area contributed by atoms with Crippen LogP contribution in [-0.2, 0) is 17.5 Å². The summed E-state index contributed by atoms with van der Waals surface area (Å²) in [6, 6.07) is 12.1. The van der Waals surface area contributed by atoms with Crippen molar-refractivity contribution < 1.29 is 22.7 Å². The van der Waals surface area contributed by atoms with Gasteiger partial charge in [-0.15, -0.1) is 10.2 Å². The van der Waals surface area contributed by atoms with Crippen LogP contribution in [0.1, 0.15) is 32.3 Å². The molecule has 0 unspecified atom stereocenters. The highest BCUT2D eigenvalue weighted by atomic mass is 32.2. The monoisotopic (exact) mass is 478 g/mol. The molecular formula is C23H25F3N4O2S. The fourth-order valence-electron chi connectivity index (χ4n) is 3.03. The Balaban J connectivity index is 1.63. The summed E-state index contributed by atoms with van der Waals surface area (Å²) in [4.78, 5) is 12.3. The van der Waals surface area contributed by atoms with Gasteiger partial charge < -0.3 is 14.6 Å². The Morgan fingerprint density at radius 3 is 2.55 bits per heavy atom. The summed E-state index contributed by atoms with van der Waals surface area (Å²) >= 11 is 1.17. The van der Waals surface area contributed by atoms with Gasteiger partial charge in [0, 0.05) is 17.8 Å². The van der Waals surface area contributed by atoms with E-state index < -0.39 is 17.6 Å². The Hall–Kier alpha value is -3.01. The number of hydrogen-bond acceptors (Lipinski definition) is 5. The molecule has 1 amide bonds. The number of carbonyl (C=O) groups excluding carboxylic acids is 1. The maximum absolute atomic E-state index is 12.9. The fraction of sp³-hybridized carbons (Fsp3) is 0.348. The number of nitrogens with one attached hydrogen (secondary N) is 1. The molecule has 1 aromatic heterocycles. The highest BCUT2D eigenvalue weighted by Gasteiger charge is 2.30. The van der Waals surface area contributed by atoms with E-state index in [1.54, 1.807) is 0 Å². The molecule has 1 N–H and O–H groups in total. The molecule has 0 aliphatic heterocycles. The van der Waals surface area contributed by atoms with Crippen molar-refractivity contribution in [1.29, 1.82) is 0 Å². The van der Waals surface area contributed by atoms with Gasteiger partial charge in [-0.3, -0.25) is 4.79 Å². The van der Waals surface area contributed by atoms with E-state index in [0.29, 0.717) is 24.1 Å². The van der Waals surface area contributed by atoms with Gasteiger partial charge in [-0.25, -0.2) is 0 Å². The fourth-order valence-corrected chi connectivity index (χ4v) is 3.83. The van der Waals surface area contributed by atoms with E-state index in [0.717, 1.165) is 36.3 Å². The van der Waals surface area contributed by atoms with Crippen LogP contribution in [0.5, 0.6) is 5.75 Å². The molecule has 0 fully saturated rings. The summed E-state index contributed by atoms with van der Waals surface area (Å²) in [5, 5.41) is 11.5. The first kappa shape index (κ1) is 24.6. The third-order valence-electron chi connectivity index (χ3n) is 4.72. The van der Waals surface area contributed by atoms with Gasteiger partial charge >= 0.3 is 6.18 Å². The van der Waals surface area contributed by atoms with Crippen molar-refractivity contribution in [3.8, 4) is 17.1 Å². The van der Waals surface area contributed by atoms with Crippen LogP contribution < -0.4 is 10.1 Å². The van der Waals surface area contributed by atoms with Gasteiger partial charge in [0.1, 0.15) is 5.75 Å². The normalized spacial score (nSPS) is 11.4. The first-order chi connectivity index (χ1) is 15.8. The zero-order valence-corrected chi connectivity index (χ0v) is 19.2. The number of thioether (sulfide) groups is 1. The van der Waals surface area contributed by atoms with Crippen LogP contribution in [-0.4, -0.2) is 33.0 Å². The van der Waals surface area contributed by atoms with Gasteiger partial charge in [-0.1, -0.05) is 31.2 Å². The largest absolute Gasteiger partial charge is 0.494 e. The third kappa shape index (κ3) is 6.74. The topological polar surface area (TPSA) is 69.0 Å². The number of benzene rings is 2. The van der Waals surface area contributed by atoms with E-state index in [1.807, 2.05) is 35.8 Å². The van der Waals surface area contributed by atoms with Crippen molar-refractivity contribution in [2.24, 2.45) is 0 Å². The standard InChI is InChI=1S/C23H25F3N4O2S/c1-3-5-13-32-19-11-9-16(10-12-19)21-28-29-22(30(21)4-2)33-15-20(31)27-18-8-6-7-17(14-18)23(24,25)26/h6-12,14H,3-5,13,15H2,1-2H3,(H,27,31). The molecule has 0 saturated carbocycles. The van der Waals surface area contributed by atoms with Crippen molar-refractivity contribution in [2.75, 3.05) is 17.7 Å². The molecule has 0 atom stereocenters. The maximum atomic E-state index is 12.9. The summed E-state index contributed by atoms with van der Waals surface area (Å²) < 4.78 is 46.1. The molecule has 0 spiro atoms. The van der Waals surface area contributed by atoms with Crippen molar-refractivity contribution in [3.63, 3.8) is 0 Å². The van der Waals surface area contributed by atoms with Gasteiger partial charge in [0.15, 0.2) is 11.0 Å². The number of amides is 1. The van der Waals surface area contributed by atoms with Crippen molar-refractivity contribution >= 4 is 23.4 Å². The van der Waals surface area contributed by atoms with Gasteiger partial charge in [0.25, 0.3) is 0 Å². The molecule has 0 bridgehead atoms. The second kappa shape index (κ2) is 11.2. The van der Waals surface area contributed by atoms with E-state index in [9.17, 15) is 18.0 Å². The Kier molecular flexibility index (Phi) is 8.37. The molecule has 2 aromatic carbocycles. The van der Waals surface area contributed by atoms with Crippen LogP contribution in [0.15, 0.2) is 53.7 Å². The van der Waals surface area contributed by atoms with Crippen LogP contribution in [0.4, 0.5) is 18.9 Å². The maximum Gasteiger partial charge on any atom is 0.416 e. The van der Waals surface area contributed by atoms with Crippen LogP contribution in [0.25, 0.3) is 11.4 Å². The first-order valence-electron chi connectivity index (χ1n) is 10.6. The molecule has 33 heavy (non-hydrogen) atoms. The van der Waals surface area contributed by atoms with E-state index >= 15 is 0 Å². The van der Waals surface area contributed by atoms with Crippen molar-refractivity contribution in [1.82, 2.24) is 14.8 Å². The molecule has 0 saturated heterocycles. The van der Waals surface area contributed by atoms with E-state index in [4.69, 9.17) is 4.74 Å². The molecule has 0 radical (unpaired) electrons. The Morgan fingerprint density at radius 2 is 1.88 bits per heavy atom. The smallest absolute Gasteiger partial charge is 0.416 e. The number of rotatable bonds is 10. The number of carbonyl (C=O) groups is 1. The summed E-state index contributed by atoms with van der Waals surface area (Å²) in [7, 11) is 0.